The molecule has 1 aromatic rings. The second-order valence-electron chi connectivity index (χ2n) is 4.08. The molecular weight excluding hydrogens is 174 g/mol. The van der Waals surface area contributed by atoms with E-state index < -0.39 is 0 Å². The minimum atomic E-state index is 0.775. The number of pyridine rings is 1. The Labute approximate surface area is 84.9 Å². The topological polar surface area (TPSA) is 37.0 Å². The van der Waals surface area contributed by atoms with Crippen LogP contribution in [0.25, 0.3) is 0 Å². The normalized spacial score (nSPS) is 16.4. The minimum Gasteiger partial charge on any atom is -0.369 e. The molecule has 0 amide bonds. The largest absolute Gasteiger partial charge is 0.369 e. The van der Waals surface area contributed by atoms with Crippen LogP contribution in [0.2, 0.25) is 0 Å². The van der Waals surface area contributed by atoms with Crippen molar-refractivity contribution in [3.8, 4) is 0 Å². The lowest BCUT2D eigenvalue weighted by atomic mass is 10.0. The van der Waals surface area contributed by atoms with Crippen molar-refractivity contribution in [2.75, 3.05) is 25.0 Å². The predicted octanol–water partition coefficient (Wildman–Crippen LogP) is 1.33. The maximum absolute atomic E-state index is 4.38. The van der Waals surface area contributed by atoms with Gasteiger partial charge in [-0.25, -0.2) is 4.98 Å². The Hall–Kier alpha value is -1.09. The third-order valence-electron chi connectivity index (χ3n) is 2.64. The molecule has 1 fully saturated rings. The predicted molar refractivity (Wildman–Crippen MR) is 58.6 cm³/mol. The molecule has 2 N–H and O–H groups in total. The average molecular weight is 191 g/mol. The van der Waals surface area contributed by atoms with Crippen molar-refractivity contribution >= 4 is 5.82 Å². The van der Waals surface area contributed by atoms with Crippen molar-refractivity contribution < 1.29 is 0 Å². The van der Waals surface area contributed by atoms with Gasteiger partial charge in [0.25, 0.3) is 0 Å². The van der Waals surface area contributed by atoms with Gasteiger partial charge in [-0.2, -0.15) is 0 Å². The van der Waals surface area contributed by atoms with Crippen LogP contribution < -0.4 is 10.6 Å². The molecule has 2 heterocycles. The zero-order valence-corrected chi connectivity index (χ0v) is 8.80. The second kappa shape index (κ2) is 3.96. The number of anilines is 1. The number of rotatable bonds is 3. The third-order valence-corrected chi connectivity index (χ3v) is 2.64. The molecule has 3 nitrogen and oxygen atoms in total. The van der Waals surface area contributed by atoms with E-state index >= 15 is 0 Å². The summed E-state index contributed by atoms with van der Waals surface area (Å²) in [6, 6.07) is 2.16. The zero-order valence-electron chi connectivity index (χ0n) is 8.80. The van der Waals surface area contributed by atoms with Crippen molar-refractivity contribution in [3.63, 3.8) is 0 Å². The molecule has 0 atom stereocenters. The first kappa shape index (κ1) is 9.46. The molecule has 3 heteroatoms. The Balaban J connectivity index is 1.94. The van der Waals surface area contributed by atoms with Crippen LogP contribution in [0.1, 0.15) is 11.1 Å². The number of nitrogens with zero attached hydrogens (tertiary/aromatic N) is 1. The van der Waals surface area contributed by atoms with Gasteiger partial charge in [0.2, 0.25) is 0 Å². The highest BCUT2D eigenvalue weighted by atomic mass is 15.0. The summed E-state index contributed by atoms with van der Waals surface area (Å²) in [6.45, 7) is 7.47. The third kappa shape index (κ3) is 2.04. The molecule has 0 saturated carbocycles. The van der Waals surface area contributed by atoms with Crippen LogP contribution in [0.3, 0.4) is 0 Å². The number of aromatic nitrogens is 1. The van der Waals surface area contributed by atoms with Crippen molar-refractivity contribution in [2.45, 2.75) is 13.8 Å². The fourth-order valence-electron chi connectivity index (χ4n) is 1.63. The molecule has 1 aromatic heterocycles. The van der Waals surface area contributed by atoms with Crippen LogP contribution in [0.15, 0.2) is 12.3 Å². The van der Waals surface area contributed by atoms with E-state index in [0.29, 0.717) is 0 Å². The highest BCUT2D eigenvalue weighted by molar-refractivity contribution is 5.44. The Morgan fingerprint density at radius 3 is 2.86 bits per heavy atom. The molecule has 2 rings (SSSR count). The number of hydrogen-bond acceptors (Lipinski definition) is 3. The van der Waals surface area contributed by atoms with E-state index in [0.717, 1.165) is 31.4 Å². The van der Waals surface area contributed by atoms with E-state index in [2.05, 4.69) is 35.5 Å². The van der Waals surface area contributed by atoms with E-state index in [1.54, 1.807) is 0 Å². The lowest BCUT2D eigenvalue weighted by molar-refractivity contribution is 0.365. The molecule has 1 aliphatic rings. The van der Waals surface area contributed by atoms with Crippen molar-refractivity contribution in [3.05, 3.63) is 23.4 Å². The molecule has 14 heavy (non-hydrogen) atoms. The maximum atomic E-state index is 4.38. The molecule has 0 spiro atoms. The van der Waals surface area contributed by atoms with Gasteiger partial charge in [-0.1, -0.05) is 6.07 Å². The summed E-state index contributed by atoms with van der Waals surface area (Å²) in [4.78, 5) is 4.38. The molecule has 1 aliphatic heterocycles. The Kier molecular flexibility index (Phi) is 2.68. The van der Waals surface area contributed by atoms with Gasteiger partial charge in [0, 0.05) is 31.7 Å². The summed E-state index contributed by atoms with van der Waals surface area (Å²) >= 11 is 0. The summed E-state index contributed by atoms with van der Waals surface area (Å²) in [5, 5.41) is 6.65. The number of nitrogens with one attached hydrogen (secondary N) is 2. The van der Waals surface area contributed by atoms with Crippen LogP contribution in [0, 0.1) is 19.8 Å². The highest BCUT2D eigenvalue weighted by Gasteiger charge is 2.16. The molecule has 0 unspecified atom stereocenters. The van der Waals surface area contributed by atoms with Crippen molar-refractivity contribution in [2.24, 2.45) is 5.92 Å². The van der Waals surface area contributed by atoms with Gasteiger partial charge >= 0.3 is 0 Å². The van der Waals surface area contributed by atoms with Crippen molar-refractivity contribution in [1.82, 2.24) is 10.3 Å². The van der Waals surface area contributed by atoms with Crippen LogP contribution in [-0.4, -0.2) is 24.6 Å². The highest BCUT2D eigenvalue weighted by Crippen LogP contribution is 2.13. The minimum absolute atomic E-state index is 0.775. The molecule has 0 bridgehead atoms. The molecule has 0 radical (unpaired) electrons. The van der Waals surface area contributed by atoms with Gasteiger partial charge < -0.3 is 10.6 Å². The first-order chi connectivity index (χ1) is 6.75. The van der Waals surface area contributed by atoms with Gasteiger partial charge in [-0.05, 0) is 25.0 Å². The quantitative estimate of drug-likeness (QED) is 0.757. The Morgan fingerprint density at radius 1 is 1.50 bits per heavy atom. The summed E-state index contributed by atoms with van der Waals surface area (Å²) in [5.74, 6) is 1.81. The lowest BCUT2D eigenvalue weighted by Gasteiger charge is -2.27. The smallest absolute Gasteiger partial charge is 0.128 e. The Bertz CT molecular complexity index is 318. The summed E-state index contributed by atoms with van der Waals surface area (Å²) in [7, 11) is 0. The molecule has 76 valence electrons. The fraction of sp³-hybridized carbons (Fsp3) is 0.545. The summed E-state index contributed by atoms with van der Waals surface area (Å²) in [5.41, 5.74) is 2.45. The molecule has 0 aromatic carbocycles. The monoisotopic (exact) mass is 191 g/mol. The van der Waals surface area contributed by atoms with Gasteiger partial charge in [0.05, 0.1) is 0 Å². The average Bonchev–Trinajstić information content (AvgIpc) is 2.05. The standard InChI is InChI=1S/C11H17N3/c1-8-3-9(2)11(13-4-8)14-7-10-5-12-6-10/h3-4,10,12H,5-7H2,1-2H3,(H,13,14). The maximum Gasteiger partial charge on any atom is 0.128 e. The van der Waals surface area contributed by atoms with E-state index in [1.807, 2.05) is 6.20 Å². The molecular formula is C11H17N3. The first-order valence-electron chi connectivity index (χ1n) is 5.13. The van der Waals surface area contributed by atoms with E-state index in [9.17, 15) is 0 Å². The van der Waals surface area contributed by atoms with E-state index in [4.69, 9.17) is 0 Å². The second-order valence-corrected chi connectivity index (χ2v) is 4.08. The number of hydrogen-bond donors (Lipinski definition) is 2. The van der Waals surface area contributed by atoms with Crippen molar-refractivity contribution in [1.29, 1.82) is 0 Å². The van der Waals surface area contributed by atoms with Gasteiger partial charge in [0.15, 0.2) is 0 Å². The Morgan fingerprint density at radius 2 is 2.29 bits per heavy atom. The summed E-state index contributed by atoms with van der Waals surface area (Å²) < 4.78 is 0. The van der Waals surface area contributed by atoms with Gasteiger partial charge in [-0.15, -0.1) is 0 Å². The lowest BCUT2D eigenvalue weighted by Crippen LogP contribution is -2.45. The van der Waals surface area contributed by atoms with Crippen LogP contribution in [0.4, 0.5) is 5.82 Å². The van der Waals surface area contributed by atoms with Crippen LogP contribution in [0.5, 0.6) is 0 Å². The van der Waals surface area contributed by atoms with Gasteiger partial charge in [-0.3, -0.25) is 0 Å². The van der Waals surface area contributed by atoms with Gasteiger partial charge in [0.1, 0.15) is 5.82 Å². The first-order valence-corrected chi connectivity index (χ1v) is 5.13. The molecule has 0 aliphatic carbocycles. The SMILES string of the molecule is Cc1cnc(NCC2CNC2)c(C)c1. The van der Waals surface area contributed by atoms with E-state index in [-0.39, 0.29) is 0 Å². The summed E-state index contributed by atoms with van der Waals surface area (Å²) in [6.07, 6.45) is 1.91. The number of aryl methyl sites for hydroxylation is 2. The zero-order chi connectivity index (χ0) is 9.97. The fourth-order valence-corrected chi connectivity index (χ4v) is 1.63. The van der Waals surface area contributed by atoms with Crippen LogP contribution in [-0.2, 0) is 0 Å². The van der Waals surface area contributed by atoms with Crippen LogP contribution >= 0.6 is 0 Å². The van der Waals surface area contributed by atoms with E-state index in [1.165, 1.54) is 11.1 Å². The molecule has 1 saturated heterocycles.